The van der Waals surface area contributed by atoms with Crippen molar-refractivity contribution in [3.05, 3.63) is 53.8 Å². The number of halogens is 1. The molecule has 4 nitrogen and oxygen atoms in total. The summed E-state index contributed by atoms with van der Waals surface area (Å²) in [4.78, 5) is 2.26. The molecule has 1 saturated heterocycles. The van der Waals surface area contributed by atoms with Crippen LogP contribution < -0.4 is 9.62 Å². The van der Waals surface area contributed by atoms with Gasteiger partial charge in [0.2, 0.25) is 0 Å². The fourth-order valence-electron chi connectivity index (χ4n) is 3.06. The molecule has 1 fully saturated rings. The maximum atomic E-state index is 13.7. The molecule has 1 heterocycles. The van der Waals surface area contributed by atoms with Gasteiger partial charge in [-0.2, -0.15) is 0 Å². The molecule has 2 aromatic carbocycles. The Bertz CT molecular complexity index is 842. The van der Waals surface area contributed by atoms with Crippen molar-refractivity contribution >= 4 is 21.4 Å². The highest BCUT2D eigenvalue weighted by Gasteiger charge is 2.21. The molecule has 2 aromatic rings. The number of rotatable bonds is 5. The Morgan fingerprint density at radius 3 is 2.28 bits per heavy atom. The number of nitrogens with one attached hydrogen (secondary N) is 1. The van der Waals surface area contributed by atoms with Crippen molar-refractivity contribution in [3.8, 4) is 0 Å². The van der Waals surface area contributed by atoms with Gasteiger partial charge in [0, 0.05) is 19.2 Å². The van der Waals surface area contributed by atoms with Crippen molar-refractivity contribution < 1.29 is 12.8 Å². The number of benzene rings is 2. The van der Waals surface area contributed by atoms with Crippen LogP contribution in [0.4, 0.5) is 15.8 Å². The maximum absolute atomic E-state index is 13.7. The smallest absolute Gasteiger partial charge is 0.261 e. The van der Waals surface area contributed by atoms with Crippen LogP contribution >= 0.6 is 0 Å². The van der Waals surface area contributed by atoms with Crippen LogP contribution in [0, 0.1) is 5.82 Å². The molecule has 0 aliphatic carbocycles. The van der Waals surface area contributed by atoms with Gasteiger partial charge in [0.1, 0.15) is 5.82 Å². The quantitative estimate of drug-likeness (QED) is 0.860. The van der Waals surface area contributed by atoms with Gasteiger partial charge in [-0.1, -0.05) is 26.0 Å². The van der Waals surface area contributed by atoms with E-state index < -0.39 is 15.8 Å². The summed E-state index contributed by atoms with van der Waals surface area (Å²) in [6, 6.07) is 11.0. The van der Waals surface area contributed by atoms with E-state index >= 15 is 0 Å². The molecule has 0 radical (unpaired) electrons. The van der Waals surface area contributed by atoms with E-state index in [9.17, 15) is 12.8 Å². The third-order valence-corrected chi connectivity index (χ3v) is 5.89. The number of sulfonamides is 1. The second kappa shape index (κ2) is 7.04. The van der Waals surface area contributed by atoms with E-state index in [-0.39, 0.29) is 10.6 Å². The molecule has 0 saturated carbocycles. The van der Waals surface area contributed by atoms with Crippen LogP contribution in [0.3, 0.4) is 0 Å². The standard InChI is InChI=1S/C19H23FN2O2S/c1-14(2)15-5-8-17(9-6-15)25(23,24)21-18-13-16(20)7-10-19(18)22-11-3-4-12-22/h5-10,13-14,21H,3-4,11-12H2,1-2H3. The molecule has 0 unspecified atom stereocenters. The first kappa shape index (κ1) is 17.7. The van der Waals surface area contributed by atoms with Gasteiger partial charge < -0.3 is 4.90 Å². The number of anilines is 2. The highest BCUT2D eigenvalue weighted by atomic mass is 32.2. The fourth-order valence-corrected chi connectivity index (χ4v) is 4.12. The van der Waals surface area contributed by atoms with Crippen LogP contribution in [0.1, 0.15) is 38.2 Å². The normalized spacial score (nSPS) is 15.0. The Morgan fingerprint density at radius 1 is 1.04 bits per heavy atom. The monoisotopic (exact) mass is 362 g/mol. The summed E-state index contributed by atoms with van der Waals surface area (Å²) >= 11 is 0. The van der Waals surface area contributed by atoms with Crippen LogP contribution in [0.25, 0.3) is 0 Å². The predicted molar refractivity (Wildman–Crippen MR) is 99.2 cm³/mol. The lowest BCUT2D eigenvalue weighted by Gasteiger charge is -2.22. The van der Waals surface area contributed by atoms with Crippen molar-refractivity contribution in [2.75, 3.05) is 22.7 Å². The van der Waals surface area contributed by atoms with Gasteiger partial charge in [-0.3, -0.25) is 4.72 Å². The molecular weight excluding hydrogens is 339 g/mol. The highest BCUT2D eigenvalue weighted by Crippen LogP contribution is 2.31. The Balaban J connectivity index is 1.91. The van der Waals surface area contributed by atoms with Gasteiger partial charge in [-0.15, -0.1) is 0 Å². The van der Waals surface area contributed by atoms with E-state index in [4.69, 9.17) is 0 Å². The maximum Gasteiger partial charge on any atom is 0.261 e. The third kappa shape index (κ3) is 3.95. The van der Waals surface area contributed by atoms with Gasteiger partial charge in [0.25, 0.3) is 10.0 Å². The molecule has 1 aliphatic heterocycles. The molecule has 1 N–H and O–H groups in total. The van der Waals surface area contributed by atoms with Gasteiger partial charge in [0.15, 0.2) is 0 Å². The molecule has 0 atom stereocenters. The fraction of sp³-hybridized carbons (Fsp3) is 0.368. The Kier molecular flexibility index (Phi) is 4.99. The zero-order valence-corrected chi connectivity index (χ0v) is 15.3. The lowest BCUT2D eigenvalue weighted by Crippen LogP contribution is -2.21. The largest absolute Gasteiger partial charge is 0.370 e. The zero-order valence-electron chi connectivity index (χ0n) is 14.5. The summed E-state index contributed by atoms with van der Waals surface area (Å²) in [6.07, 6.45) is 2.11. The summed E-state index contributed by atoms with van der Waals surface area (Å²) in [5.41, 5.74) is 2.08. The van der Waals surface area contributed by atoms with Crippen molar-refractivity contribution in [2.45, 2.75) is 37.5 Å². The summed E-state index contributed by atoms with van der Waals surface area (Å²) < 4.78 is 41.7. The molecule has 0 amide bonds. The number of nitrogens with zero attached hydrogens (tertiary/aromatic N) is 1. The molecule has 0 spiro atoms. The second-order valence-electron chi connectivity index (χ2n) is 6.68. The molecule has 6 heteroatoms. The average molecular weight is 362 g/mol. The summed E-state index contributed by atoms with van der Waals surface area (Å²) in [5, 5.41) is 0. The first-order chi connectivity index (χ1) is 11.9. The van der Waals surface area contributed by atoms with Gasteiger partial charge in [-0.25, -0.2) is 12.8 Å². The first-order valence-corrected chi connectivity index (χ1v) is 10.0. The summed E-state index contributed by atoms with van der Waals surface area (Å²) in [6.45, 7) is 5.81. The van der Waals surface area contributed by atoms with Crippen molar-refractivity contribution in [3.63, 3.8) is 0 Å². The third-order valence-electron chi connectivity index (χ3n) is 4.51. The minimum atomic E-state index is -3.77. The number of hydrogen-bond acceptors (Lipinski definition) is 3. The highest BCUT2D eigenvalue weighted by molar-refractivity contribution is 7.92. The minimum Gasteiger partial charge on any atom is -0.370 e. The Hall–Kier alpha value is -2.08. The SMILES string of the molecule is CC(C)c1ccc(S(=O)(=O)Nc2cc(F)ccc2N2CCCC2)cc1. The molecule has 0 aromatic heterocycles. The number of hydrogen-bond donors (Lipinski definition) is 1. The van der Waals surface area contributed by atoms with Crippen molar-refractivity contribution in [1.29, 1.82) is 0 Å². The van der Waals surface area contributed by atoms with Crippen molar-refractivity contribution in [1.82, 2.24) is 0 Å². The van der Waals surface area contributed by atoms with E-state index in [1.165, 1.54) is 12.1 Å². The molecule has 3 rings (SSSR count). The molecular formula is C19H23FN2O2S. The van der Waals surface area contributed by atoms with Gasteiger partial charge in [-0.05, 0) is 48.6 Å². The van der Waals surface area contributed by atoms with E-state index in [1.54, 1.807) is 18.2 Å². The molecule has 1 aliphatic rings. The molecule has 134 valence electrons. The molecule has 25 heavy (non-hydrogen) atoms. The van der Waals surface area contributed by atoms with Gasteiger partial charge in [0.05, 0.1) is 16.3 Å². The van der Waals surface area contributed by atoms with E-state index in [0.29, 0.717) is 5.92 Å². The van der Waals surface area contributed by atoms with Gasteiger partial charge >= 0.3 is 0 Å². The lowest BCUT2D eigenvalue weighted by molar-refractivity contribution is 0.601. The molecule has 0 bridgehead atoms. The zero-order chi connectivity index (χ0) is 18.0. The lowest BCUT2D eigenvalue weighted by atomic mass is 10.0. The van der Waals surface area contributed by atoms with Crippen LogP contribution in [-0.2, 0) is 10.0 Å². The summed E-state index contributed by atoms with van der Waals surface area (Å²) in [7, 11) is -3.77. The van der Waals surface area contributed by atoms with Crippen LogP contribution in [0.15, 0.2) is 47.4 Å². The first-order valence-electron chi connectivity index (χ1n) is 8.54. The second-order valence-corrected chi connectivity index (χ2v) is 8.37. The summed E-state index contributed by atoms with van der Waals surface area (Å²) in [5.74, 6) is -0.134. The van der Waals surface area contributed by atoms with E-state index in [1.807, 2.05) is 12.1 Å². The average Bonchev–Trinajstić information content (AvgIpc) is 3.09. The minimum absolute atomic E-state index is 0.175. The topological polar surface area (TPSA) is 49.4 Å². The van der Waals surface area contributed by atoms with E-state index in [2.05, 4.69) is 23.5 Å². The van der Waals surface area contributed by atoms with Crippen LogP contribution in [-0.4, -0.2) is 21.5 Å². The Labute approximate surface area is 148 Å². The van der Waals surface area contributed by atoms with Crippen LogP contribution in [0.2, 0.25) is 0 Å². The van der Waals surface area contributed by atoms with Crippen molar-refractivity contribution in [2.24, 2.45) is 0 Å². The van der Waals surface area contributed by atoms with E-state index in [0.717, 1.165) is 37.2 Å². The Morgan fingerprint density at radius 2 is 1.68 bits per heavy atom. The predicted octanol–water partition coefficient (Wildman–Crippen LogP) is 4.35. The van der Waals surface area contributed by atoms with Crippen LogP contribution in [0.5, 0.6) is 0 Å².